The standard InChI is InChI=1S/C15H29NO/c1-5-15(6-2)10-16-13-9-12(11(3)4)7-8-14(13)17-15/h11-14,16H,5-10H2,1-4H3. The van der Waals surface area contributed by atoms with Crippen molar-refractivity contribution < 1.29 is 4.74 Å². The number of rotatable bonds is 3. The molecule has 3 atom stereocenters. The van der Waals surface area contributed by atoms with Crippen LogP contribution in [0.25, 0.3) is 0 Å². The molecule has 2 nitrogen and oxygen atoms in total. The minimum absolute atomic E-state index is 0.117. The lowest BCUT2D eigenvalue weighted by atomic mass is 9.76. The average Bonchev–Trinajstić information content (AvgIpc) is 2.37. The lowest BCUT2D eigenvalue weighted by Crippen LogP contribution is -2.60. The average molecular weight is 239 g/mol. The van der Waals surface area contributed by atoms with E-state index in [4.69, 9.17) is 4.74 Å². The van der Waals surface area contributed by atoms with E-state index < -0.39 is 0 Å². The zero-order chi connectivity index (χ0) is 12.5. The summed E-state index contributed by atoms with van der Waals surface area (Å²) in [5.74, 6) is 1.71. The van der Waals surface area contributed by atoms with Crippen LogP contribution in [0.5, 0.6) is 0 Å². The summed E-state index contributed by atoms with van der Waals surface area (Å²) < 4.78 is 6.44. The molecule has 1 aliphatic carbocycles. The largest absolute Gasteiger partial charge is 0.369 e. The van der Waals surface area contributed by atoms with Crippen molar-refractivity contribution in [2.24, 2.45) is 11.8 Å². The quantitative estimate of drug-likeness (QED) is 0.815. The van der Waals surface area contributed by atoms with Crippen LogP contribution in [-0.4, -0.2) is 24.3 Å². The van der Waals surface area contributed by atoms with E-state index >= 15 is 0 Å². The Bertz CT molecular complexity index is 247. The smallest absolute Gasteiger partial charge is 0.0805 e. The van der Waals surface area contributed by atoms with E-state index in [1.54, 1.807) is 0 Å². The Morgan fingerprint density at radius 2 is 1.94 bits per heavy atom. The molecule has 0 bridgehead atoms. The van der Waals surface area contributed by atoms with E-state index in [1.165, 1.54) is 19.3 Å². The van der Waals surface area contributed by atoms with Crippen LogP contribution in [0.15, 0.2) is 0 Å². The first kappa shape index (κ1) is 13.4. The molecular weight excluding hydrogens is 210 g/mol. The van der Waals surface area contributed by atoms with E-state index in [-0.39, 0.29) is 5.60 Å². The van der Waals surface area contributed by atoms with E-state index in [9.17, 15) is 0 Å². The zero-order valence-electron chi connectivity index (χ0n) is 12.0. The van der Waals surface area contributed by atoms with Gasteiger partial charge in [-0.15, -0.1) is 0 Å². The molecular formula is C15H29NO. The van der Waals surface area contributed by atoms with Gasteiger partial charge < -0.3 is 10.1 Å². The van der Waals surface area contributed by atoms with Crippen molar-refractivity contribution in [1.82, 2.24) is 5.32 Å². The van der Waals surface area contributed by atoms with Gasteiger partial charge in [0.1, 0.15) is 0 Å². The number of hydrogen-bond acceptors (Lipinski definition) is 2. The first-order valence-corrected chi connectivity index (χ1v) is 7.51. The Labute approximate surface area is 107 Å². The molecule has 1 saturated heterocycles. The molecule has 2 fully saturated rings. The fourth-order valence-corrected chi connectivity index (χ4v) is 3.48. The summed E-state index contributed by atoms with van der Waals surface area (Å²) in [5, 5.41) is 3.77. The fourth-order valence-electron chi connectivity index (χ4n) is 3.48. The van der Waals surface area contributed by atoms with Gasteiger partial charge in [0.25, 0.3) is 0 Å². The van der Waals surface area contributed by atoms with E-state index in [2.05, 4.69) is 33.0 Å². The molecule has 1 aliphatic heterocycles. The van der Waals surface area contributed by atoms with Gasteiger partial charge in [-0.25, -0.2) is 0 Å². The number of morpholine rings is 1. The van der Waals surface area contributed by atoms with Crippen LogP contribution in [0.4, 0.5) is 0 Å². The van der Waals surface area contributed by atoms with Crippen LogP contribution in [-0.2, 0) is 4.74 Å². The first-order chi connectivity index (χ1) is 8.10. The molecule has 1 saturated carbocycles. The van der Waals surface area contributed by atoms with E-state index in [0.717, 1.165) is 31.2 Å². The highest BCUT2D eigenvalue weighted by Gasteiger charge is 2.42. The van der Waals surface area contributed by atoms with Crippen molar-refractivity contribution in [1.29, 1.82) is 0 Å². The third-order valence-corrected chi connectivity index (χ3v) is 5.15. The van der Waals surface area contributed by atoms with Gasteiger partial charge in [-0.2, -0.15) is 0 Å². The second kappa shape index (κ2) is 5.27. The maximum absolute atomic E-state index is 6.44. The molecule has 0 spiro atoms. The number of nitrogens with one attached hydrogen (secondary N) is 1. The van der Waals surface area contributed by atoms with Crippen LogP contribution in [0, 0.1) is 11.8 Å². The maximum atomic E-state index is 6.44. The van der Waals surface area contributed by atoms with Crippen LogP contribution in [0.2, 0.25) is 0 Å². The molecule has 0 aromatic carbocycles. The van der Waals surface area contributed by atoms with Gasteiger partial charge in [0, 0.05) is 12.6 Å². The molecule has 2 heteroatoms. The second-order valence-corrected chi connectivity index (χ2v) is 6.35. The molecule has 0 amide bonds. The molecule has 2 aliphatic rings. The van der Waals surface area contributed by atoms with Gasteiger partial charge in [0.2, 0.25) is 0 Å². The number of ether oxygens (including phenoxy) is 1. The summed E-state index contributed by atoms with van der Waals surface area (Å²) in [6, 6.07) is 0.613. The van der Waals surface area contributed by atoms with Crippen LogP contribution in [0.1, 0.15) is 59.8 Å². The van der Waals surface area contributed by atoms with Crippen molar-refractivity contribution in [3.8, 4) is 0 Å². The van der Waals surface area contributed by atoms with Gasteiger partial charge in [-0.05, 0) is 43.9 Å². The normalized spacial score (nSPS) is 36.9. The summed E-state index contributed by atoms with van der Waals surface area (Å²) in [5.41, 5.74) is 0.117. The zero-order valence-corrected chi connectivity index (χ0v) is 12.0. The summed E-state index contributed by atoms with van der Waals surface area (Å²) in [6.07, 6.45) is 6.65. The molecule has 0 aromatic rings. The van der Waals surface area contributed by atoms with Gasteiger partial charge in [0.15, 0.2) is 0 Å². The Morgan fingerprint density at radius 3 is 2.53 bits per heavy atom. The molecule has 17 heavy (non-hydrogen) atoms. The van der Waals surface area contributed by atoms with Crippen molar-refractivity contribution in [2.75, 3.05) is 6.54 Å². The van der Waals surface area contributed by atoms with Crippen molar-refractivity contribution in [3.63, 3.8) is 0 Å². The lowest BCUT2D eigenvalue weighted by molar-refractivity contribution is -0.154. The minimum atomic E-state index is 0.117. The predicted molar refractivity (Wildman–Crippen MR) is 72.2 cm³/mol. The second-order valence-electron chi connectivity index (χ2n) is 6.35. The molecule has 0 radical (unpaired) electrons. The highest BCUT2D eigenvalue weighted by molar-refractivity contribution is 4.96. The molecule has 3 unspecified atom stereocenters. The molecule has 0 aromatic heterocycles. The Hall–Kier alpha value is -0.0800. The van der Waals surface area contributed by atoms with Crippen molar-refractivity contribution in [2.45, 2.75) is 77.5 Å². The van der Waals surface area contributed by atoms with Crippen LogP contribution >= 0.6 is 0 Å². The summed E-state index contributed by atoms with van der Waals surface area (Å²) in [4.78, 5) is 0. The number of hydrogen-bond donors (Lipinski definition) is 1. The van der Waals surface area contributed by atoms with Gasteiger partial charge in [-0.1, -0.05) is 27.7 Å². The third-order valence-electron chi connectivity index (χ3n) is 5.15. The lowest BCUT2D eigenvalue weighted by Gasteiger charge is -2.49. The van der Waals surface area contributed by atoms with Crippen molar-refractivity contribution in [3.05, 3.63) is 0 Å². The molecule has 1 N–H and O–H groups in total. The minimum Gasteiger partial charge on any atom is -0.369 e. The molecule has 2 rings (SSSR count). The fraction of sp³-hybridized carbons (Fsp3) is 1.00. The Kier molecular flexibility index (Phi) is 4.14. The first-order valence-electron chi connectivity index (χ1n) is 7.51. The van der Waals surface area contributed by atoms with Crippen LogP contribution < -0.4 is 5.32 Å². The Balaban J connectivity index is 1.97. The third kappa shape index (κ3) is 2.68. The highest BCUT2D eigenvalue weighted by Crippen LogP contribution is 2.37. The van der Waals surface area contributed by atoms with Crippen LogP contribution in [0.3, 0.4) is 0 Å². The SMILES string of the molecule is CCC1(CC)CNC2CC(C(C)C)CCC2O1. The maximum Gasteiger partial charge on any atom is 0.0805 e. The summed E-state index contributed by atoms with van der Waals surface area (Å²) >= 11 is 0. The van der Waals surface area contributed by atoms with Gasteiger partial charge in [-0.3, -0.25) is 0 Å². The Morgan fingerprint density at radius 1 is 1.24 bits per heavy atom. The monoisotopic (exact) mass is 239 g/mol. The summed E-state index contributed by atoms with van der Waals surface area (Å²) in [7, 11) is 0. The molecule has 100 valence electrons. The number of fused-ring (bicyclic) bond motifs is 1. The van der Waals surface area contributed by atoms with E-state index in [1.807, 2.05) is 0 Å². The van der Waals surface area contributed by atoms with E-state index in [0.29, 0.717) is 12.1 Å². The van der Waals surface area contributed by atoms with Gasteiger partial charge in [0.05, 0.1) is 11.7 Å². The molecule has 1 heterocycles. The van der Waals surface area contributed by atoms with Crippen molar-refractivity contribution >= 4 is 0 Å². The topological polar surface area (TPSA) is 21.3 Å². The predicted octanol–water partition coefficient (Wildman–Crippen LogP) is 3.36. The highest BCUT2D eigenvalue weighted by atomic mass is 16.5. The summed E-state index contributed by atoms with van der Waals surface area (Å²) in [6.45, 7) is 10.3. The van der Waals surface area contributed by atoms with Gasteiger partial charge >= 0.3 is 0 Å².